The third kappa shape index (κ3) is 3.84. The van der Waals surface area contributed by atoms with E-state index < -0.39 is 0 Å². The molecule has 0 aliphatic rings. The SMILES string of the molecule is C#CCCNC(=O)c1cc(Br)ccc1I. The molecule has 0 heterocycles. The van der Waals surface area contributed by atoms with Gasteiger partial charge in [-0.3, -0.25) is 4.79 Å². The highest BCUT2D eigenvalue weighted by Gasteiger charge is 2.09. The number of hydrogen-bond acceptors (Lipinski definition) is 1. The Morgan fingerprint density at radius 2 is 2.33 bits per heavy atom. The van der Waals surface area contributed by atoms with E-state index in [4.69, 9.17) is 6.42 Å². The Morgan fingerprint density at radius 3 is 3.00 bits per heavy atom. The van der Waals surface area contributed by atoms with E-state index in [9.17, 15) is 4.79 Å². The van der Waals surface area contributed by atoms with Crippen LogP contribution in [-0.4, -0.2) is 12.5 Å². The zero-order chi connectivity index (χ0) is 11.3. The molecule has 15 heavy (non-hydrogen) atoms. The van der Waals surface area contributed by atoms with Gasteiger partial charge in [0.15, 0.2) is 0 Å². The largest absolute Gasteiger partial charge is 0.351 e. The molecule has 0 saturated carbocycles. The molecule has 1 rings (SSSR count). The molecule has 0 atom stereocenters. The van der Waals surface area contributed by atoms with Crippen LogP contribution < -0.4 is 5.32 Å². The van der Waals surface area contributed by atoms with E-state index in [1.165, 1.54) is 0 Å². The van der Waals surface area contributed by atoms with Gasteiger partial charge in [-0.1, -0.05) is 15.9 Å². The third-order valence-electron chi connectivity index (χ3n) is 1.73. The number of carbonyl (C=O) groups is 1. The molecule has 4 heteroatoms. The summed E-state index contributed by atoms with van der Waals surface area (Å²) in [7, 11) is 0. The molecular weight excluding hydrogens is 369 g/mol. The van der Waals surface area contributed by atoms with Crippen LogP contribution in [0.15, 0.2) is 22.7 Å². The first kappa shape index (κ1) is 12.5. The van der Waals surface area contributed by atoms with Crippen LogP contribution in [0.1, 0.15) is 16.8 Å². The lowest BCUT2D eigenvalue weighted by molar-refractivity contribution is 0.0953. The highest BCUT2D eigenvalue weighted by Crippen LogP contribution is 2.18. The highest BCUT2D eigenvalue weighted by molar-refractivity contribution is 14.1. The van der Waals surface area contributed by atoms with Gasteiger partial charge in [0.05, 0.1) is 5.56 Å². The first-order chi connectivity index (χ1) is 7.15. The van der Waals surface area contributed by atoms with Crippen molar-refractivity contribution in [3.8, 4) is 12.3 Å². The van der Waals surface area contributed by atoms with Gasteiger partial charge in [0.25, 0.3) is 5.91 Å². The zero-order valence-electron chi connectivity index (χ0n) is 7.89. The van der Waals surface area contributed by atoms with E-state index >= 15 is 0 Å². The maximum absolute atomic E-state index is 11.7. The molecule has 0 aliphatic heterocycles. The molecule has 0 aromatic heterocycles. The van der Waals surface area contributed by atoms with Crippen molar-refractivity contribution in [3.05, 3.63) is 31.8 Å². The summed E-state index contributed by atoms with van der Waals surface area (Å²) in [6.07, 6.45) is 5.65. The maximum Gasteiger partial charge on any atom is 0.252 e. The lowest BCUT2D eigenvalue weighted by atomic mass is 10.2. The maximum atomic E-state index is 11.7. The lowest BCUT2D eigenvalue weighted by Crippen LogP contribution is -2.24. The predicted molar refractivity (Wildman–Crippen MR) is 72.6 cm³/mol. The van der Waals surface area contributed by atoms with Gasteiger partial charge >= 0.3 is 0 Å². The van der Waals surface area contributed by atoms with Crippen molar-refractivity contribution >= 4 is 44.4 Å². The fraction of sp³-hybridized carbons (Fsp3) is 0.182. The summed E-state index contributed by atoms with van der Waals surface area (Å²) in [4.78, 5) is 11.7. The standard InChI is InChI=1S/C11H9BrINO/c1-2-3-6-14-11(15)9-7-8(12)4-5-10(9)13/h1,4-5,7H,3,6H2,(H,14,15). The van der Waals surface area contributed by atoms with E-state index in [-0.39, 0.29) is 5.91 Å². The summed E-state index contributed by atoms with van der Waals surface area (Å²) in [5, 5.41) is 2.76. The quantitative estimate of drug-likeness (QED) is 0.490. The second-order valence-electron chi connectivity index (χ2n) is 2.83. The first-order valence-electron chi connectivity index (χ1n) is 4.32. The number of rotatable bonds is 3. The topological polar surface area (TPSA) is 29.1 Å². The molecule has 0 fully saturated rings. The molecule has 1 N–H and O–H groups in total. The summed E-state index contributed by atoms with van der Waals surface area (Å²) < 4.78 is 1.82. The van der Waals surface area contributed by atoms with Crippen molar-refractivity contribution in [1.82, 2.24) is 5.32 Å². The molecule has 1 aromatic carbocycles. The first-order valence-corrected chi connectivity index (χ1v) is 6.19. The molecule has 0 saturated heterocycles. The van der Waals surface area contributed by atoms with E-state index in [0.717, 1.165) is 8.04 Å². The summed E-state index contributed by atoms with van der Waals surface area (Å²) >= 11 is 5.46. The number of nitrogens with one attached hydrogen (secondary N) is 1. The fourth-order valence-corrected chi connectivity index (χ4v) is 1.96. The molecule has 1 aromatic rings. The Bertz CT molecular complexity index is 412. The van der Waals surface area contributed by atoms with E-state index in [2.05, 4.69) is 49.8 Å². The Hall–Kier alpha value is -0.540. The average molecular weight is 378 g/mol. The molecule has 1 amide bonds. The number of halogens is 2. The van der Waals surface area contributed by atoms with E-state index in [0.29, 0.717) is 18.5 Å². The second kappa shape index (κ2) is 6.13. The van der Waals surface area contributed by atoms with Gasteiger partial charge in [-0.15, -0.1) is 12.3 Å². The molecule has 2 nitrogen and oxygen atoms in total. The van der Waals surface area contributed by atoms with Gasteiger partial charge in [0, 0.05) is 21.0 Å². The molecule has 0 bridgehead atoms. The number of carbonyl (C=O) groups excluding carboxylic acids is 1. The van der Waals surface area contributed by atoms with Crippen LogP contribution in [0, 0.1) is 15.9 Å². The summed E-state index contributed by atoms with van der Waals surface area (Å²) in [5.41, 5.74) is 0.669. The minimum absolute atomic E-state index is 0.0871. The smallest absolute Gasteiger partial charge is 0.252 e. The van der Waals surface area contributed by atoms with Gasteiger partial charge in [-0.25, -0.2) is 0 Å². The van der Waals surface area contributed by atoms with E-state index in [1.54, 1.807) is 6.07 Å². The average Bonchev–Trinajstić information content (AvgIpc) is 2.22. The zero-order valence-corrected chi connectivity index (χ0v) is 11.6. The van der Waals surface area contributed by atoms with Crippen LogP contribution in [0.4, 0.5) is 0 Å². The van der Waals surface area contributed by atoms with Crippen molar-refractivity contribution in [2.45, 2.75) is 6.42 Å². The Kier molecular flexibility index (Phi) is 5.12. The van der Waals surface area contributed by atoms with Gasteiger partial charge in [0.2, 0.25) is 0 Å². The summed E-state index contributed by atoms with van der Waals surface area (Å²) in [5.74, 6) is 2.39. The van der Waals surface area contributed by atoms with Crippen molar-refractivity contribution < 1.29 is 4.79 Å². The third-order valence-corrected chi connectivity index (χ3v) is 3.16. The number of terminal acetylenes is 1. The molecule has 0 unspecified atom stereocenters. The Balaban J connectivity index is 2.73. The van der Waals surface area contributed by atoms with E-state index in [1.807, 2.05) is 12.1 Å². The predicted octanol–water partition coefficient (Wildman–Crippen LogP) is 2.81. The highest BCUT2D eigenvalue weighted by atomic mass is 127. The lowest BCUT2D eigenvalue weighted by Gasteiger charge is -2.05. The van der Waals surface area contributed by atoms with Crippen LogP contribution in [0.3, 0.4) is 0 Å². The van der Waals surface area contributed by atoms with Crippen molar-refractivity contribution in [2.24, 2.45) is 0 Å². The monoisotopic (exact) mass is 377 g/mol. The Labute approximate surface area is 111 Å². The van der Waals surface area contributed by atoms with Crippen molar-refractivity contribution in [1.29, 1.82) is 0 Å². The van der Waals surface area contributed by atoms with Crippen LogP contribution in [0.2, 0.25) is 0 Å². The molecule has 0 spiro atoms. The molecule has 0 radical (unpaired) electrons. The minimum Gasteiger partial charge on any atom is -0.351 e. The van der Waals surface area contributed by atoms with Crippen LogP contribution in [-0.2, 0) is 0 Å². The Morgan fingerprint density at radius 1 is 1.60 bits per heavy atom. The number of hydrogen-bond donors (Lipinski definition) is 1. The van der Waals surface area contributed by atoms with Gasteiger partial charge < -0.3 is 5.32 Å². The van der Waals surface area contributed by atoms with Crippen LogP contribution >= 0.6 is 38.5 Å². The number of amides is 1. The van der Waals surface area contributed by atoms with Crippen molar-refractivity contribution in [3.63, 3.8) is 0 Å². The van der Waals surface area contributed by atoms with Gasteiger partial charge in [-0.05, 0) is 40.8 Å². The molecule has 78 valence electrons. The summed E-state index contributed by atoms with van der Waals surface area (Å²) in [6.45, 7) is 0.512. The van der Waals surface area contributed by atoms with Crippen LogP contribution in [0.5, 0.6) is 0 Å². The fourth-order valence-electron chi connectivity index (χ4n) is 1.01. The molecule has 0 aliphatic carbocycles. The number of benzene rings is 1. The second-order valence-corrected chi connectivity index (χ2v) is 4.91. The summed E-state index contributed by atoms with van der Waals surface area (Å²) in [6, 6.07) is 5.59. The van der Waals surface area contributed by atoms with Crippen molar-refractivity contribution in [2.75, 3.05) is 6.54 Å². The molecular formula is C11H9BrINO. The minimum atomic E-state index is -0.0871. The van der Waals surface area contributed by atoms with Gasteiger partial charge in [0.1, 0.15) is 0 Å². The van der Waals surface area contributed by atoms with Gasteiger partial charge in [-0.2, -0.15) is 0 Å². The normalized spacial score (nSPS) is 9.40. The van der Waals surface area contributed by atoms with Crippen LogP contribution in [0.25, 0.3) is 0 Å².